The van der Waals surface area contributed by atoms with Gasteiger partial charge in [0.05, 0.1) is 19.9 Å². The normalized spacial score (nSPS) is 10.6. The van der Waals surface area contributed by atoms with E-state index in [0.717, 1.165) is 22.6 Å². The van der Waals surface area contributed by atoms with Crippen LogP contribution in [0.5, 0.6) is 17.2 Å². The van der Waals surface area contributed by atoms with E-state index < -0.39 is 0 Å². The van der Waals surface area contributed by atoms with Crippen LogP contribution in [-0.2, 0) is 17.9 Å². The van der Waals surface area contributed by atoms with Crippen LogP contribution < -0.4 is 19.5 Å². The van der Waals surface area contributed by atoms with Crippen LogP contribution in [0.4, 0.5) is 0 Å². The fraction of sp³-hybridized carbons (Fsp3) is 0.167. The van der Waals surface area contributed by atoms with Gasteiger partial charge >= 0.3 is 0 Å². The number of benzene rings is 2. The third-order valence-corrected chi connectivity index (χ3v) is 4.33. The number of methoxy groups -OCH3 is 2. The molecule has 0 aliphatic heterocycles. The molecule has 0 fully saturated rings. The average Bonchev–Trinajstić information content (AvgIpc) is 2.81. The average molecular weight is 404 g/mol. The number of hydrogen-bond acceptors (Lipinski definition) is 5. The molecule has 0 aliphatic carbocycles. The van der Waals surface area contributed by atoms with E-state index in [-0.39, 0.29) is 5.91 Å². The van der Waals surface area contributed by atoms with Gasteiger partial charge in [0, 0.05) is 18.8 Å². The summed E-state index contributed by atoms with van der Waals surface area (Å²) in [5.41, 5.74) is 2.69. The van der Waals surface area contributed by atoms with Crippen molar-refractivity contribution in [2.45, 2.75) is 13.2 Å². The van der Waals surface area contributed by atoms with Gasteiger partial charge in [-0.1, -0.05) is 24.3 Å². The lowest BCUT2D eigenvalue weighted by Crippen LogP contribution is -2.20. The van der Waals surface area contributed by atoms with Gasteiger partial charge in [0.1, 0.15) is 12.4 Å². The summed E-state index contributed by atoms with van der Waals surface area (Å²) in [6.45, 7) is 0.804. The van der Waals surface area contributed by atoms with Crippen molar-refractivity contribution in [1.82, 2.24) is 10.3 Å². The highest BCUT2D eigenvalue weighted by Gasteiger charge is 2.05. The van der Waals surface area contributed by atoms with Crippen molar-refractivity contribution in [2.75, 3.05) is 14.2 Å². The first kappa shape index (κ1) is 20.9. The Labute approximate surface area is 176 Å². The monoisotopic (exact) mass is 404 g/mol. The molecule has 0 aliphatic rings. The lowest BCUT2D eigenvalue weighted by molar-refractivity contribution is -0.116. The predicted octanol–water partition coefficient (Wildman–Crippen LogP) is 4.01. The summed E-state index contributed by atoms with van der Waals surface area (Å²) in [6, 6.07) is 18.8. The Morgan fingerprint density at radius 3 is 2.50 bits per heavy atom. The molecule has 2 aromatic carbocycles. The molecular formula is C24H24N2O4. The first-order valence-corrected chi connectivity index (χ1v) is 9.47. The molecule has 0 saturated heterocycles. The largest absolute Gasteiger partial charge is 0.493 e. The van der Waals surface area contributed by atoms with Crippen LogP contribution in [-0.4, -0.2) is 25.1 Å². The van der Waals surface area contributed by atoms with E-state index in [1.54, 1.807) is 26.5 Å². The van der Waals surface area contributed by atoms with Crippen LogP contribution in [0.1, 0.15) is 16.8 Å². The van der Waals surface area contributed by atoms with Gasteiger partial charge in [-0.05, 0) is 53.6 Å². The fourth-order valence-electron chi connectivity index (χ4n) is 2.73. The van der Waals surface area contributed by atoms with Gasteiger partial charge in [-0.15, -0.1) is 0 Å². The SMILES string of the molecule is COc1ccc(CNC(=O)/C=C/c2ccc(OCc3ccccn3)cc2)cc1OC. The van der Waals surface area contributed by atoms with E-state index in [0.29, 0.717) is 24.7 Å². The van der Waals surface area contributed by atoms with Gasteiger partial charge in [-0.25, -0.2) is 0 Å². The van der Waals surface area contributed by atoms with Crippen molar-refractivity contribution in [1.29, 1.82) is 0 Å². The Kier molecular flexibility index (Phi) is 7.44. The van der Waals surface area contributed by atoms with Gasteiger partial charge in [0.2, 0.25) is 5.91 Å². The Hall–Kier alpha value is -3.80. The summed E-state index contributed by atoms with van der Waals surface area (Å²) in [5.74, 6) is 1.85. The number of amides is 1. The number of nitrogens with one attached hydrogen (secondary N) is 1. The summed E-state index contributed by atoms with van der Waals surface area (Å²) in [5, 5.41) is 2.85. The van der Waals surface area contributed by atoms with Crippen molar-refractivity contribution in [3.8, 4) is 17.2 Å². The van der Waals surface area contributed by atoms with Crippen LogP contribution in [0, 0.1) is 0 Å². The molecule has 30 heavy (non-hydrogen) atoms. The highest BCUT2D eigenvalue weighted by molar-refractivity contribution is 5.91. The summed E-state index contributed by atoms with van der Waals surface area (Å²) in [4.78, 5) is 16.3. The fourth-order valence-corrected chi connectivity index (χ4v) is 2.73. The molecular weight excluding hydrogens is 380 g/mol. The molecule has 0 saturated carbocycles. The lowest BCUT2D eigenvalue weighted by Gasteiger charge is -2.09. The van der Waals surface area contributed by atoms with E-state index in [1.165, 1.54) is 6.08 Å². The van der Waals surface area contributed by atoms with Crippen LogP contribution in [0.2, 0.25) is 0 Å². The van der Waals surface area contributed by atoms with Crippen LogP contribution in [0.3, 0.4) is 0 Å². The molecule has 1 aromatic heterocycles. The quantitative estimate of drug-likeness (QED) is 0.546. The smallest absolute Gasteiger partial charge is 0.244 e. The second kappa shape index (κ2) is 10.7. The Morgan fingerprint density at radius 2 is 1.80 bits per heavy atom. The molecule has 1 N–H and O–H groups in total. The minimum absolute atomic E-state index is 0.180. The zero-order chi connectivity index (χ0) is 21.2. The highest BCUT2D eigenvalue weighted by atomic mass is 16.5. The molecule has 3 rings (SSSR count). The maximum absolute atomic E-state index is 12.1. The van der Waals surface area contributed by atoms with Crippen molar-refractivity contribution in [2.24, 2.45) is 0 Å². The molecule has 1 heterocycles. The lowest BCUT2D eigenvalue weighted by atomic mass is 10.2. The summed E-state index contributed by atoms with van der Waals surface area (Å²) in [7, 11) is 3.17. The number of carbonyl (C=O) groups is 1. The number of hydrogen-bond donors (Lipinski definition) is 1. The second-order valence-corrected chi connectivity index (χ2v) is 6.42. The van der Waals surface area contributed by atoms with Gasteiger partial charge in [-0.3, -0.25) is 9.78 Å². The van der Waals surface area contributed by atoms with Crippen LogP contribution >= 0.6 is 0 Å². The number of rotatable bonds is 9. The minimum atomic E-state index is -0.180. The van der Waals surface area contributed by atoms with Gasteiger partial charge < -0.3 is 19.5 Å². The first-order valence-electron chi connectivity index (χ1n) is 9.47. The van der Waals surface area contributed by atoms with Crippen molar-refractivity contribution < 1.29 is 19.0 Å². The molecule has 154 valence electrons. The maximum atomic E-state index is 12.1. The van der Waals surface area contributed by atoms with Crippen molar-refractivity contribution >= 4 is 12.0 Å². The van der Waals surface area contributed by atoms with E-state index in [1.807, 2.05) is 60.7 Å². The number of carbonyl (C=O) groups excluding carboxylic acids is 1. The Balaban J connectivity index is 1.48. The highest BCUT2D eigenvalue weighted by Crippen LogP contribution is 2.27. The molecule has 3 aromatic rings. The number of pyridine rings is 1. The third kappa shape index (κ3) is 6.10. The number of nitrogens with zero attached hydrogens (tertiary/aromatic N) is 1. The maximum Gasteiger partial charge on any atom is 0.244 e. The summed E-state index contributed by atoms with van der Waals surface area (Å²) in [6.07, 6.45) is 5.00. The van der Waals surface area contributed by atoms with Gasteiger partial charge in [-0.2, -0.15) is 0 Å². The van der Waals surface area contributed by atoms with E-state index in [4.69, 9.17) is 14.2 Å². The Bertz CT molecular complexity index is 986. The molecule has 0 atom stereocenters. The molecule has 0 spiro atoms. The van der Waals surface area contributed by atoms with Gasteiger partial charge in [0.25, 0.3) is 0 Å². The molecule has 1 amide bonds. The van der Waals surface area contributed by atoms with Crippen molar-refractivity contribution in [3.05, 3.63) is 89.8 Å². The van der Waals surface area contributed by atoms with Crippen LogP contribution in [0.15, 0.2) is 72.9 Å². The summed E-state index contributed by atoms with van der Waals surface area (Å²) >= 11 is 0. The zero-order valence-corrected chi connectivity index (χ0v) is 17.0. The molecule has 0 radical (unpaired) electrons. The number of aromatic nitrogens is 1. The summed E-state index contributed by atoms with van der Waals surface area (Å²) < 4.78 is 16.2. The first-order chi connectivity index (χ1) is 14.7. The Morgan fingerprint density at radius 1 is 1.00 bits per heavy atom. The topological polar surface area (TPSA) is 69.7 Å². The molecule has 0 unspecified atom stereocenters. The predicted molar refractivity (Wildman–Crippen MR) is 115 cm³/mol. The standard InChI is InChI=1S/C24H24N2O4/c1-28-22-12-8-19(15-23(22)29-2)16-26-24(27)13-9-18-6-10-21(11-7-18)30-17-20-5-3-4-14-25-20/h3-15H,16-17H2,1-2H3,(H,26,27)/b13-9+. The molecule has 6 heteroatoms. The minimum Gasteiger partial charge on any atom is -0.493 e. The number of ether oxygens (including phenoxy) is 3. The molecule has 0 bridgehead atoms. The van der Waals surface area contributed by atoms with E-state index in [2.05, 4.69) is 10.3 Å². The van der Waals surface area contributed by atoms with E-state index in [9.17, 15) is 4.79 Å². The van der Waals surface area contributed by atoms with E-state index >= 15 is 0 Å². The second-order valence-electron chi connectivity index (χ2n) is 6.42. The van der Waals surface area contributed by atoms with Gasteiger partial charge in [0.15, 0.2) is 11.5 Å². The van der Waals surface area contributed by atoms with Crippen molar-refractivity contribution in [3.63, 3.8) is 0 Å². The third-order valence-electron chi connectivity index (χ3n) is 4.33. The molecule has 6 nitrogen and oxygen atoms in total. The zero-order valence-electron chi connectivity index (χ0n) is 17.0. The van der Waals surface area contributed by atoms with Crippen LogP contribution in [0.25, 0.3) is 6.08 Å².